The topological polar surface area (TPSA) is 54.1 Å². The first-order valence-electron chi connectivity index (χ1n) is 6.42. The van der Waals surface area contributed by atoms with E-state index >= 15 is 0 Å². The Bertz CT molecular complexity index is 647. The fourth-order valence-electron chi connectivity index (χ4n) is 2.37. The minimum absolute atomic E-state index is 0.0372. The number of piperidine rings is 1. The van der Waals surface area contributed by atoms with Crippen LogP contribution in [0, 0.1) is 5.82 Å². The van der Waals surface area contributed by atoms with Crippen molar-refractivity contribution in [1.82, 2.24) is 10.3 Å². The Morgan fingerprint density at radius 1 is 1.26 bits per heavy atom. The summed E-state index contributed by atoms with van der Waals surface area (Å²) in [6, 6.07) is 4.58. The Morgan fingerprint density at radius 3 is 2.84 bits per heavy atom. The molecule has 0 spiro atoms. The fraction of sp³-hybridized carbons (Fsp3) is 0.357. The Balaban J connectivity index is 1.95. The lowest BCUT2D eigenvalue weighted by atomic mass is 10.1. The van der Waals surface area contributed by atoms with Crippen LogP contribution in [0.1, 0.15) is 12.8 Å². The molecule has 0 amide bonds. The van der Waals surface area contributed by atoms with Crippen LogP contribution in [0.5, 0.6) is 5.75 Å². The van der Waals surface area contributed by atoms with Crippen LogP contribution in [-0.2, 0) is 0 Å². The summed E-state index contributed by atoms with van der Waals surface area (Å²) in [5, 5.41) is 4.27. The Labute approximate surface area is 109 Å². The van der Waals surface area contributed by atoms with Gasteiger partial charge in [-0.25, -0.2) is 4.39 Å². The minimum atomic E-state index is -0.484. The van der Waals surface area contributed by atoms with Crippen molar-refractivity contribution in [2.24, 2.45) is 0 Å². The molecule has 4 nitrogen and oxygen atoms in total. The molecule has 2 heterocycles. The number of ether oxygens (including phenoxy) is 1. The van der Waals surface area contributed by atoms with Crippen LogP contribution in [0.3, 0.4) is 0 Å². The lowest BCUT2D eigenvalue weighted by Gasteiger charge is -2.24. The zero-order valence-corrected chi connectivity index (χ0v) is 10.4. The zero-order valence-electron chi connectivity index (χ0n) is 10.4. The van der Waals surface area contributed by atoms with Gasteiger partial charge in [0.05, 0.1) is 5.39 Å². The van der Waals surface area contributed by atoms with Crippen LogP contribution < -0.4 is 15.6 Å². The molecule has 19 heavy (non-hydrogen) atoms. The molecule has 0 radical (unpaired) electrons. The van der Waals surface area contributed by atoms with Crippen LogP contribution in [-0.4, -0.2) is 24.2 Å². The maximum absolute atomic E-state index is 14.0. The number of hydrogen-bond donors (Lipinski definition) is 2. The predicted octanol–water partition coefficient (Wildman–Crippen LogP) is 1.80. The second kappa shape index (κ2) is 5.01. The molecule has 1 aromatic carbocycles. The van der Waals surface area contributed by atoms with Crippen molar-refractivity contribution in [3.8, 4) is 5.75 Å². The molecule has 1 aliphatic heterocycles. The van der Waals surface area contributed by atoms with E-state index in [4.69, 9.17) is 4.74 Å². The average Bonchev–Trinajstić information content (AvgIpc) is 2.42. The SMILES string of the molecule is O=c1[nH]ccc2cc(OC3CCNCC3)c(F)cc12. The first-order chi connectivity index (χ1) is 9.24. The van der Waals surface area contributed by atoms with Gasteiger partial charge in [-0.1, -0.05) is 0 Å². The van der Waals surface area contributed by atoms with Gasteiger partial charge >= 0.3 is 0 Å². The van der Waals surface area contributed by atoms with Gasteiger partial charge in [-0.15, -0.1) is 0 Å². The van der Waals surface area contributed by atoms with Crippen molar-refractivity contribution >= 4 is 10.8 Å². The van der Waals surface area contributed by atoms with Crippen molar-refractivity contribution in [3.63, 3.8) is 0 Å². The van der Waals surface area contributed by atoms with Crippen molar-refractivity contribution in [1.29, 1.82) is 0 Å². The summed E-state index contributed by atoms with van der Waals surface area (Å²) < 4.78 is 19.7. The Kier molecular flexibility index (Phi) is 3.21. The van der Waals surface area contributed by atoms with Gasteiger partial charge in [0, 0.05) is 6.20 Å². The van der Waals surface area contributed by atoms with E-state index < -0.39 is 5.82 Å². The summed E-state index contributed by atoms with van der Waals surface area (Å²) in [5.74, 6) is -0.257. The van der Waals surface area contributed by atoms with Crippen molar-refractivity contribution in [3.05, 3.63) is 40.6 Å². The van der Waals surface area contributed by atoms with Gasteiger partial charge in [0.15, 0.2) is 11.6 Å². The molecule has 1 aliphatic rings. The third kappa shape index (κ3) is 2.46. The monoisotopic (exact) mass is 262 g/mol. The number of fused-ring (bicyclic) bond motifs is 1. The van der Waals surface area contributed by atoms with E-state index in [1.807, 2.05) is 0 Å². The zero-order chi connectivity index (χ0) is 13.2. The van der Waals surface area contributed by atoms with Gasteiger partial charge in [-0.2, -0.15) is 0 Å². The second-order valence-electron chi connectivity index (χ2n) is 4.74. The summed E-state index contributed by atoms with van der Waals surface area (Å²) in [4.78, 5) is 14.1. The Morgan fingerprint density at radius 2 is 2.05 bits per heavy atom. The van der Waals surface area contributed by atoms with Gasteiger partial charge in [0.2, 0.25) is 0 Å². The maximum Gasteiger partial charge on any atom is 0.255 e. The quantitative estimate of drug-likeness (QED) is 0.867. The standard InChI is InChI=1S/C14H15FN2O2/c15-12-8-11-9(1-6-17-14(11)18)7-13(12)19-10-2-4-16-5-3-10/h1,6-8,10,16H,2-5H2,(H,17,18). The highest BCUT2D eigenvalue weighted by molar-refractivity contribution is 5.82. The smallest absolute Gasteiger partial charge is 0.255 e. The average molecular weight is 262 g/mol. The van der Waals surface area contributed by atoms with E-state index in [-0.39, 0.29) is 17.4 Å². The summed E-state index contributed by atoms with van der Waals surface area (Å²) in [6.45, 7) is 1.78. The summed E-state index contributed by atoms with van der Waals surface area (Å²) in [6.07, 6.45) is 3.33. The van der Waals surface area contributed by atoms with E-state index in [0.717, 1.165) is 25.9 Å². The third-order valence-electron chi connectivity index (χ3n) is 3.41. The normalized spacial score (nSPS) is 16.7. The number of nitrogens with one attached hydrogen (secondary N) is 2. The van der Waals surface area contributed by atoms with E-state index in [1.54, 1.807) is 18.3 Å². The molecule has 100 valence electrons. The van der Waals surface area contributed by atoms with Crippen molar-refractivity contribution < 1.29 is 9.13 Å². The molecule has 0 unspecified atom stereocenters. The fourth-order valence-corrected chi connectivity index (χ4v) is 2.37. The number of halogens is 1. The van der Waals surface area contributed by atoms with Gasteiger partial charge in [0.1, 0.15) is 6.10 Å². The molecular formula is C14H15FN2O2. The summed E-state index contributed by atoms with van der Waals surface area (Å²) in [5.41, 5.74) is -0.287. The largest absolute Gasteiger partial charge is 0.487 e. The highest BCUT2D eigenvalue weighted by atomic mass is 19.1. The van der Waals surface area contributed by atoms with Crippen LogP contribution in [0.25, 0.3) is 10.8 Å². The molecule has 1 aromatic heterocycles. The lowest BCUT2D eigenvalue weighted by Crippen LogP contribution is -2.34. The molecule has 2 aromatic rings. The van der Waals surface area contributed by atoms with E-state index in [2.05, 4.69) is 10.3 Å². The first kappa shape index (κ1) is 12.2. The lowest BCUT2D eigenvalue weighted by molar-refractivity contribution is 0.156. The molecule has 0 bridgehead atoms. The molecule has 2 N–H and O–H groups in total. The highest BCUT2D eigenvalue weighted by Crippen LogP contribution is 2.25. The molecule has 0 aliphatic carbocycles. The van der Waals surface area contributed by atoms with Crippen LogP contribution >= 0.6 is 0 Å². The molecular weight excluding hydrogens is 247 g/mol. The van der Waals surface area contributed by atoms with E-state index in [1.165, 1.54) is 6.07 Å². The summed E-state index contributed by atoms with van der Waals surface area (Å²) >= 11 is 0. The number of hydrogen-bond acceptors (Lipinski definition) is 3. The second-order valence-corrected chi connectivity index (χ2v) is 4.74. The Hall–Kier alpha value is -1.88. The molecule has 3 rings (SSSR count). The minimum Gasteiger partial charge on any atom is -0.487 e. The number of H-pyrrole nitrogens is 1. The van der Waals surface area contributed by atoms with Crippen molar-refractivity contribution in [2.45, 2.75) is 18.9 Å². The molecule has 1 saturated heterocycles. The number of aromatic amines is 1. The van der Waals surface area contributed by atoms with Crippen molar-refractivity contribution in [2.75, 3.05) is 13.1 Å². The van der Waals surface area contributed by atoms with Gasteiger partial charge in [0.25, 0.3) is 5.56 Å². The number of benzene rings is 1. The predicted molar refractivity (Wildman–Crippen MR) is 71.0 cm³/mol. The van der Waals surface area contributed by atoms with E-state index in [9.17, 15) is 9.18 Å². The first-order valence-corrected chi connectivity index (χ1v) is 6.42. The van der Waals surface area contributed by atoms with E-state index in [0.29, 0.717) is 10.8 Å². The molecule has 1 fully saturated rings. The highest BCUT2D eigenvalue weighted by Gasteiger charge is 2.17. The molecule has 5 heteroatoms. The third-order valence-corrected chi connectivity index (χ3v) is 3.41. The maximum atomic E-state index is 14.0. The number of pyridine rings is 1. The molecule has 0 saturated carbocycles. The van der Waals surface area contributed by atoms with Crippen LogP contribution in [0.2, 0.25) is 0 Å². The molecule has 0 atom stereocenters. The number of rotatable bonds is 2. The van der Waals surface area contributed by atoms with Crippen LogP contribution in [0.15, 0.2) is 29.2 Å². The van der Waals surface area contributed by atoms with Gasteiger partial charge < -0.3 is 15.0 Å². The number of aromatic nitrogens is 1. The van der Waals surface area contributed by atoms with Crippen LogP contribution in [0.4, 0.5) is 4.39 Å². The summed E-state index contributed by atoms with van der Waals surface area (Å²) in [7, 11) is 0. The van der Waals surface area contributed by atoms with Gasteiger partial charge in [-0.3, -0.25) is 4.79 Å². The van der Waals surface area contributed by atoms with Gasteiger partial charge in [-0.05, 0) is 49.5 Å².